The average Bonchev–Trinajstić information content (AvgIpc) is 2.65. The number of nitrogens with one attached hydrogen (secondary N) is 2. The summed E-state index contributed by atoms with van der Waals surface area (Å²) in [5.74, 6) is 0.653. The molecule has 3 unspecified atom stereocenters. The van der Waals surface area contributed by atoms with Crippen molar-refractivity contribution in [2.45, 2.75) is 45.7 Å². The summed E-state index contributed by atoms with van der Waals surface area (Å²) in [4.78, 5) is 0. The second-order valence-corrected chi connectivity index (χ2v) is 6.76. The van der Waals surface area contributed by atoms with Crippen molar-refractivity contribution in [3.63, 3.8) is 0 Å². The minimum Gasteiger partial charge on any atom is -0.626 e. The molecule has 0 spiro atoms. The molecule has 0 aromatic heterocycles. The highest BCUT2D eigenvalue weighted by molar-refractivity contribution is 7.86. The molecule has 7 heteroatoms. The van der Waals surface area contributed by atoms with Crippen LogP contribution in [-0.4, -0.2) is 39.5 Å². The van der Waals surface area contributed by atoms with Crippen LogP contribution in [-0.2, 0) is 11.5 Å². The zero-order valence-corrected chi connectivity index (χ0v) is 12.8. The van der Waals surface area contributed by atoms with Crippen LogP contribution in [0.1, 0.15) is 39.5 Å². The summed E-state index contributed by atoms with van der Waals surface area (Å²) in [6, 6.07) is 0. The Labute approximate surface area is 118 Å². The van der Waals surface area contributed by atoms with Gasteiger partial charge in [-0.15, -0.1) is 8.61 Å². The third-order valence-electron chi connectivity index (χ3n) is 3.60. The first kappa shape index (κ1) is 14.9. The van der Waals surface area contributed by atoms with E-state index in [1.54, 1.807) is 8.61 Å². The maximum atomic E-state index is 12.3. The Kier molecular flexibility index (Phi) is 4.97. The van der Waals surface area contributed by atoms with Gasteiger partial charge in [-0.1, -0.05) is 26.2 Å². The molecule has 0 saturated heterocycles. The normalized spacial score (nSPS) is 31.6. The van der Waals surface area contributed by atoms with Crippen LogP contribution in [0, 0.1) is 5.21 Å². The Hall–Kier alpha value is -0.470. The molecule has 2 aliphatic rings. The highest BCUT2D eigenvalue weighted by Crippen LogP contribution is 2.23. The van der Waals surface area contributed by atoms with Crippen molar-refractivity contribution in [3.05, 3.63) is 16.7 Å². The fourth-order valence-electron chi connectivity index (χ4n) is 2.54. The molecule has 0 aromatic rings. The number of rotatable bonds is 5. The van der Waals surface area contributed by atoms with Crippen LogP contribution in [0.4, 0.5) is 0 Å². The van der Waals surface area contributed by atoms with Crippen LogP contribution in [0.15, 0.2) is 11.5 Å². The third kappa shape index (κ3) is 3.00. The van der Waals surface area contributed by atoms with E-state index in [-0.39, 0.29) is 11.2 Å². The highest BCUT2D eigenvalue weighted by Gasteiger charge is 2.44. The monoisotopic (exact) mass is 288 g/mol. The minimum atomic E-state index is -1.23. The maximum absolute atomic E-state index is 12.3. The lowest BCUT2D eigenvalue weighted by atomic mass is 10.2. The molecule has 2 aliphatic heterocycles. The molecule has 0 fully saturated rings. The van der Waals surface area contributed by atoms with Crippen LogP contribution in [0.2, 0.25) is 0 Å². The molecular weight excluding hydrogens is 264 g/mol. The lowest BCUT2D eigenvalue weighted by Crippen LogP contribution is -3.10. The molecule has 2 N–H and O–H groups in total. The van der Waals surface area contributed by atoms with Gasteiger partial charge in [0.2, 0.25) is 0 Å². The van der Waals surface area contributed by atoms with Crippen molar-refractivity contribution in [1.82, 2.24) is 13.9 Å². The van der Waals surface area contributed by atoms with Crippen LogP contribution >= 0.6 is 0 Å². The van der Waals surface area contributed by atoms with E-state index in [9.17, 15) is 9.76 Å². The minimum absolute atomic E-state index is 0.0759. The van der Waals surface area contributed by atoms with Crippen molar-refractivity contribution in [2.75, 3.05) is 20.1 Å². The van der Waals surface area contributed by atoms with Gasteiger partial charge < -0.3 is 20.1 Å². The Morgan fingerprint density at radius 3 is 2.84 bits per heavy atom. The summed E-state index contributed by atoms with van der Waals surface area (Å²) >= 11 is -1.23. The number of hydroxylamine groups is 2. The van der Waals surface area contributed by atoms with Gasteiger partial charge in [0.05, 0.1) is 13.1 Å². The fraction of sp³-hybridized carbons (Fsp3) is 0.833. The van der Waals surface area contributed by atoms with E-state index in [0.29, 0.717) is 18.9 Å². The largest absolute Gasteiger partial charge is 0.626 e. The number of hydrogen-bond acceptors (Lipinski definition) is 5. The second-order valence-electron chi connectivity index (χ2n) is 5.24. The van der Waals surface area contributed by atoms with Gasteiger partial charge in [0.25, 0.3) is 5.82 Å². The third-order valence-corrected chi connectivity index (χ3v) is 5.01. The van der Waals surface area contributed by atoms with Crippen molar-refractivity contribution >= 4 is 11.5 Å². The van der Waals surface area contributed by atoms with Crippen molar-refractivity contribution in [3.8, 4) is 0 Å². The zero-order valence-electron chi connectivity index (χ0n) is 11.9. The lowest BCUT2D eigenvalue weighted by molar-refractivity contribution is -0.836. The molecule has 2 rings (SSSR count). The average molecular weight is 288 g/mol. The number of unbranched alkanes of at least 4 members (excludes halogenated alkanes) is 3. The van der Waals surface area contributed by atoms with E-state index in [1.165, 1.54) is 12.8 Å². The first-order valence-electron chi connectivity index (χ1n) is 7.00. The second kappa shape index (κ2) is 6.32. The molecule has 0 radical (unpaired) electrons. The van der Waals surface area contributed by atoms with E-state index >= 15 is 0 Å². The van der Waals surface area contributed by atoms with E-state index in [2.05, 4.69) is 12.2 Å². The zero-order chi connectivity index (χ0) is 14.0. The number of quaternary nitrogens is 1. The van der Waals surface area contributed by atoms with Gasteiger partial charge in [-0.25, -0.2) is 0 Å². The Balaban J connectivity index is 2.06. The molecule has 0 bridgehead atoms. The predicted octanol–water partition coefficient (Wildman–Crippen LogP) is -0.106. The van der Waals surface area contributed by atoms with Gasteiger partial charge in [-0.05, 0) is 6.42 Å². The van der Waals surface area contributed by atoms with Crippen molar-refractivity contribution in [2.24, 2.45) is 0 Å². The first-order chi connectivity index (χ1) is 9.06. The summed E-state index contributed by atoms with van der Waals surface area (Å²) in [6.07, 6.45) is 4.27. The molecule has 19 heavy (non-hydrogen) atoms. The van der Waals surface area contributed by atoms with E-state index < -0.39 is 11.5 Å². The molecule has 0 saturated carbocycles. The Morgan fingerprint density at radius 2 is 2.16 bits per heavy atom. The molecule has 2 heterocycles. The summed E-state index contributed by atoms with van der Waals surface area (Å²) in [7, 11) is 1.83. The van der Waals surface area contributed by atoms with E-state index in [1.807, 2.05) is 14.0 Å². The molecule has 0 aliphatic carbocycles. The molecule has 110 valence electrons. The van der Waals surface area contributed by atoms with Crippen LogP contribution in [0.5, 0.6) is 0 Å². The summed E-state index contributed by atoms with van der Waals surface area (Å²) in [6.45, 7) is 5.28. The molecule has 0 aromatic carbocycles. The van der Waals surface area contributed by atoms with Crippen LogP contribution in [0.3, 0.4) is 0 Å². The first-order valence-corrected chi connectivity index (χ1v) is 8.07. The number of likely N-dealkylation sites (N-methyl/N-ethyl adjacent to an activating group) is 1. The molecule has 6 nitrogen and oxygen atoms in total. The van der Waals surface area contributed by atoms with Gasteiger partial charge in [-0.3, -0.25) is 0 Å². The van der Waals surface area contributed by atoms with Crippen LogP contribution < -0.4 is 10.4 Å². The summed E-state index contributed by atoms with van der Waals surface area (Å²) < 4.78 is 15.9. The highest BCUT2D eigenvalue weighted by atomic mass is 32.2. The smallest absolute Gasteiger partial charge is 0.268 e. The summed E-state index contributed by atoms with van der Waals surface area (Å²) in [5, 5.41) is 15.5. The standard InChI is InChI=1S/C12H24N4O2S/c1-4-5-6-7-8-15-12-11(9-14(3)19(15)18)13-10(2)16(12)17/h10,13,16H,4-9H2,1-3H3. The van der Waals surface area contributed by atoms with Gasteiger partial charge in [0.1, 0.15) is 5.70 Å². The topological polar surface area (TPSA) is 69.1 Å². The molecular formula is C12H24N4O2S. The fourth-order valence-corrected chi connectivity index (χ4v) is 3.76. The number of nitrogens with zero attached hydrogens (tertiary/aromatic N) is 2. The summed E-state index contributed by atoms with van der Waals surface area (Å²) in [5.41, 5.74) is 0.926. The van der Waals surface area contributed by atoms with Crippen LogP contribution in [0.25, 0.3) is 0 Å². The number of hydrogen-bond donors (Lipinski definition) is 2. The van der Waals surface area contributed by atoms with Gasteiger partial charge in [-0.2, -0.15) is 0 Å². The maximum Gasteiger partial charge on any atom is 0.268 e. The van der Waals surface area contributed by atoms with E-state index in [4.69, 9.17) is 0 Å². The lowest BCUT2D eigenvalue weighted by Gasteiger charge is -2.35. The van der Waals surface area contributed by atoms with E-state index in [0.717, 1.165) is 18.5 Å². The van der Waals surface area contributed by atoms with Gasteiger partial charge in [0, 0.05) is 14.0 Å². The van der Waals surface area contributed by atoms with Gasteiger partial charge in [0.15, 0.2) is 17.7 Å². The SMILES string of the molecule is CCCCCCN1C2=C(CN(C)[S+]1[O-])NC(C)[NH+]2[O-]. The van der Waals surface area contributed by atoms with Gasteiger partial charge >= 0.3 is 0 Å². The molecule has 3 atom stereocenters. The Morgan fingerprint density at radius 1 is 1.42 bits per heavy atom. The quantitative estimate of drug-likeness (QED) is 0.420. The predicted molar refractivity (Wildman–Crippen MR) is 75.6 cm³/mol. The molecule has 0 amide bonds. The Bertz CT molecular complexity index is 353. The van der Waals surface area contributed by atoms with Crippen molar-refractivity contribution in [1.29, 1.82) is 0 Å². The van der Waals surface area contributed by atoms with Crippen molar-refractivity contribution < 1.29 is 9.62 Å².